The number of methoxy groups -OCH3 is 1. The molecule has 6 atom stereocenters. The lowest BCUT2D eigenvalue weighted by molar-refractivity contribution is -0.389. The first-order valence-corrected chi connectivity index (χ1v) is 27.2. The fourth-order valence-electron chi connectivity index (χ4n) is 8.99. The summed E-state index contributed by atoms with van der Waals surface area (Å²) >= 11 is 0. The highest BCUT2D eigenvalue weighted by atomic mass is 28.4. The van der Waals surface area contributed by atoms with Crippen LogP contribution in [0.4, 0.5) is 0 Å². The Morgan fingerprint density at radius 3 is 1.70 bits per heavy atom. The number of hydrogen-bond acceptors (Lipinski definition) is 13. The zero-order chi connectivity index (χ0) is 47.6. The van der Waals surface area contributed by atoms with Crippen molar-refractivity contribution in [2.75, 3.05) is 27.1 Å². The van der Waals surface area contributed by atoms with Crippen molar-refractivity contribution in [2.45, 2.75) is 153 Å². The number of ketones is 1. The monoisotopic (exact) mass is 922 g/mol. The van der Waals surface area contributed by atoms with Gasteiger partial charge in [-0.05, 0) is 89.1 Å². The van der Waals surface area contributed by atoms with Crippen LogP contribution >= 0.6 is 0 Å². The molecule has 1 N–H and O–H groups in total. The molecule has 0 spiro atoms. The standard InChI is InChI=1S/C49H70O13Si2/c1-35(50)47(53)40(56-32-36-24-18-15-19-25-36)49(42(52)60-44(5,6)7)48(62-63(12,13)14,41(51)59-43(2,3)4)39(58-46(47,61-49)30-31-55-34-54-11)33-57-64(45(8,9)10,37-26-20-16-21-27-37)38-28-22-17-23-29-38/h15-29,39-40,53H,30-34H2,1-14H3/t39?,40-,46?,47+,48?,49+/m1/s1. The largest absolute Gasteiger partial charge is 0.458 e. The van der Waals surface area contributed by atoms with Gasteiger partial charge in [0.2, 0.25) is 22.6 Å². The number of benzene rings is 3. The molecular formula is C49H70O13Si2. The van der Waals surface area contributed by atoms with E-state index in [1.54, 1.807) is 65.8 Å². The highest BCUT2D eigenvalue weighted by molar-refractivity contribution is 6.99. The molecule has 3 unspecified atom stereocenters. The van der Waals surface area contributed by atoms with Gasteiger partial charge < -0.3 is 47.1 Å². The molecule has 0 aromatic heterocycles. The van der Waals surface area contributed by atoms with Crippen LogP contribution in [0, 0.1) is 0 Å². The molecule has 3 aromatic rings. The van der Waals surface area contributed by atoms with Crippen molar-refractivity contribution in [3.05, 3.63) is 96.6 Å². The van der Waals surface area contributed by atoms with Crippen LogP contribution in [0.2, 0.25) is 24.7 Å². The highest BCUT2D eigenvalue weighted by Gasteiger charge is 2.91. The lowest BCUT2D eigenvalue weighted by Crippen LogP contribution is -2.81. The molecule has 3 aromatic carbocycles. The molecule has 0 amide bonds. The van der Waals surface area contributed by atoms with Gasteiger partial charge in [0.05, 0.1) is 19.8 Å². The van der Waals surface area contributed by atoms with Crippen LogP contribution in [0.3, 0.4) is 0 Å². The topological polar surface area (TPSA) is 155 Å². The summed E-state index contributed by atoms with van der Waals surface area (Å²) in [7, 11) is -5.18. The Balaban J connectivity index is 1.95. The minimum Gasteiger partial charge on any atom is -0.458 e. The van der Waals surface area contributed by atoms with Crippen molar-refractivity contribution < 1.29 is 61.5 Å². The van der Waals surface area contributed by atoms with Crippen LogP contribution in [0.1, 0.15) is 81.2 Å². The molecule has 2 saturated heterocycles. The predicted molar refractivity (Wildman–Crippen MR) is 247 cm³/mol. The van der Waals surface area contributed by atoms with Gasteiger partial charge in [-0.2, -0.15) is 0 Å². The van der Waals surface area contributed by atoms with Gasteiger partial charge in [-0.3, -0.25) is 4.79 Å². The predicted octanol–water partition coefficient (Wildman–Crippen LogP) is 6.62. The summed E-state index contributed by atoms with van der Waals surface area (Å²) in [6, 6.07) is 28.8. The van der Waals surface area contributed by atoms with Gasteiger partial charge in [-0.1, -0.05) is 112 Å². The molecule has 2 aliphatic heterocycles. The molecule has 64 heavy (non-hydrogen) atoms. The molecular weight excluding hydrogens is 853 g/mol. The number of aliphatic hydroxyl groups is 1. The molecule has 2 aliphatic rings. The van der Waals surface area contributed by atoms with E-state index in [9.17, 15) is 9.90 Å². The Morgan fingerprint density at radius 1 is 0.750 bits per heavy atom. The van der Waals surface area contributed by atoms with Crippen molar-refractivity contribution in [1.82, 2.24) is 0 Å². The van der Waals surface area contributed by atoms with Crippen LogP contribution < -0.4 is 10.4 Å². The number of Topliss-reactive ketones (excluding diaryl/α,β-unsaturated/α-hetero) is 1. The van der Waals surface area contributed by atoms with Crippen LogP contribution in [0.15, 0.2) is 91.0 Å². The van der Waals surface area contributed by atoms with E-state index >= 15 is 9.59 Å². The van der Waals surface area contributed by atoms with Gasteiger partial charge in [0.15, 0.2) is 14.1 Å². The van der Waals surface area contributed by atoms with E-state index in [0.717, 1.165) is 17.3 Å². The molecule has 5 rings (SSSR count). The van der Waals surface area contributed by atoms with Crippen molar-refractivity contribution in [3.63, 3.8) is 0 Å². The summed E-state index contributed by atoms with van der Waals surface area (Å²) in [5.74, 6) is -5.52. The van der Waals surface area contributed by atoms with Gasteiger partial charge >= 0.3 is 11.9 Å². The molecule has 15 heteroatoms. The van der Waals surface area contributed by atoms with E-state index < -0.39 is 92.0 Å². The van der Waals surface area contributed by atoms with Gasteiger partial charge in [0.1, 0.15) is 30.2 Å². The summed E-state index contributed by atoms with van der Waals surface area (Å²) in [4.78, 5) is 46.5. The van der Waals surface area contributed by atoms with Gasteiger partial charge in [-0.15, -0.1) is 0 Å². The molecule has 352 valence electrons. The van der Waals surface area contributed by atoms with E-state index in [0.29, 0.717) is 5.56 Å². The highest BCUT2D eigenvalue weighted by Crippen LogP contribution is 2.62. The van der Waals surface area contributed by atoms with E-state index in [4.69, 9.17) is 42.0 Å². The SMILES string of the molecule is COCOCCC12OC(CO[Si](c3ccccc3)(c3ccccc3)C(C)(C)C)C(O[Si](C)(C)C)(C(=O)OC(C)(C)C)[C@](C(=O)OC(C)(C)C)(O1)[C@H](OCc1ccccc1)[C@@]2(O)C(C)=O. The zero-order valence-corrected chi connectivity index (χ0v) is 42.2. The Labute approximate surface area is 381 Å². The maximum Gasteiger partial charge on any atom is 0.345 e. The molecule has 0 saturated carbocycles. The molecule has 2 fully saturated rings. The lowest BCUT2D eigenvalue weighted by Gasteiger charge is -2.56. The first-order valence-electron chi connectivity index (χ1n) is 21.9. The minimum atomic E-state index is -3.48. The van der Waals surface area contributed by atoms with Gasteiger partial charge in [0.25, 0.3) is 8.32 Å². The fourth-order valence-corrected chi connectivity index (χ4v) is 14.9. The first kappa shape index (κ1) is 51.4. The normalized spacial score (nSPS) is 26.4. The maximum atomic E-state index is 16.0. The summed E-state index contributed by atoms with van der Waals surface area (Å²) in [5.41, 5.74) is -10.1. The number of carbonyl (C=O) groups excluding carboxylic acids is 3. The molecule has 0 radical (unpaired) electrons. The quantitative estimate of drug-likeness (QED) is 0.0630. The molecule has 2 bridgehead atoms. The second-order valence-corrected chi connectivity index (χ2v) is 29.4. The van der Waals surface area contributed by atoms with Crippen LogP contribution in [-0.2, 0) is 63.0 Å². The van der Waals surface area contributed by atoms with E-state index in [1.165, 1.54) is 7.11 Å². The fraction of sp³-hybridized carbons (Fsp3) is 0.571. The number of esters is 2. The van der Waals surface area contributed by atoms with Crippen LogP contribution in [0.25, 0.3) is 0 Å². The summed E-state index contributed by atoms with van der Waals surface area (Å²) in [6.45, 7) is 22.0. The maximum absolute atomic E-state index is 16.0. The number of rotatable bonds is 18. The van der Waals surface area contributed by atoms with Gasteiger partial charge in [-0.25, -0.2) is 9.59 Å². The summed E-state index contributed by atoms with van der Waals surface area (Å²) in [5, 5.41) is 14.8. The summed E-state index contributed by atoms with van der Waals surface area (Å²) in [6.07, 6.45) is -4.01. The first-order chi connectivity index (χ1) is 29.7. The van der Waals surface area contributed by atoms with Gasteiger partial charge in [0, 0.05) is 13.5 Å². The Hall–Kier alpha value is -3.62. The van der Waals surface area contributed by atoms with E-state index in [2.05, 4.69) is 20.8 Å². The molecule has 13 nitrogen and oxygen atoms in total. The smallest absolute Gasteiger partial charge is 0.345 e. The van der Waals surface area contributed by atoms with Crippen molar-refractivity contribution in [1.29, 1.82) is 0 Å². The van der Waals surface area contributed by atoms with Crippen molar-refractivity contribution in [3.8, 4) is 0 Å². The number of fused-ring (bicyclic) bond motifs is 2. The third-order valence-electron chi connectivity index (χ3n) is 11.3. The molecule has 0 aliphatic carbocycles. The average molecular weight is 923 g/mol. The number of carbonyl (C=O) groups is 3. The minimum absolute atomic E-state index is 0.152. The Kier molecular flexibility index (Phi) is 15.2. The molecule has 2 heterocycles. The Morgan fingerprint density at radius 2 is 1.25 bits per heavy atom. The van der Waals surface area contributed by atoms with Crippen LogP contribution in [0.5, 0.6) is 0 Å². The third kappa shape index (κ3) is 9.76. The average Bonchev–Trinajstić information content (AvgIpc) is 3.39. The van der Waals surface area contributed by atoms with E-state index in [1.807, 2.05) is 86.4 Å². The lowest BCUT2D eigenvalue weighted by atomic mass is 9.70. The van der Waals surface area contributed by atoms with Crippen molar-refractivity contribution >= 4 is 44.7 Å². The van der Waals surface area contributed by atoms with Crippen molar-refractivity contribution in [2.24, 2.45) is 0 Å². The van der Waals surface area contributed by atoms with E-state index in [-0.39, 0.29) is 26.4 Å². The number of ether oxygens (including phenoxy) is 7. The third-order valence-corrected chi connectivity index (χ3v) is 17.2. The second-order valence-electron chi connectivity index (χ2n) is 20.7. The second kappa shape index (κ2) is 18.9. The van der Waals surface area contributed by atoms with Crippen LogP contribution in [-0.4, -0.2) is 113 Å². The Bertz CT molecular complexity index is 2020. The zero-order valence-electron chi connectivity index (χ0n) is 40.2. The summed E-state index contributed by atoms with van der Waals surface area (Å²) < 4.78 is 59.5. The number of hydrogen-bond donors (Lipinski definition) is 1.